The van der Waals surface area contributed by atoms with Crippen LogP contribution in [0.5, 0.6) is 0 Å². The zero-order valence-corrected chi connectivity index (χ0v) is 39.9. The van der Waals surface area contributed by atoms with E-state index in [-0.39, 0.29) is 18.5 Å². The maximum atomic E-state index is 12.4. The van der Waals surface area contributed by atoms with Crippen molar-refractivity contribution in [3.63, 3.8) is 0 Å². The van der Waals surface area contributed by atoms with Gasteiger partial charge in [0, 0.05) is 12.8 Å². The molecule has 0 bridgehead atoms. The number of esters is 1. The summed E-state index contributed by atoms with van der Waals surface area (Å²) in [5.74, 6) is -0.170. The Bertz CT molecular complexity index is 977. The molecule has 2 atom stereocenters. The number of hydrogen-bond donors (Lipinski definition) is 3. The summed E-state index contributed by atoms with van der Waals surface area (Å²) < 4.78 is 5.45. The fraction of sp³-hybridized carbons (Fsp3) is 0.852. The van der Waals surface area contributed by atoms with E-state index in [1.807, 2.05) is 6.08 Å². The number of unbranched alkanes of at least 4 members (excludes halogenated alkanes) is 33. The van der Waals surface area contributed by atoms with Gasteiger partial charge in [0.1, 0.15) is 0 Å². The van der Waals surface area contributed by atoms with E-state index in [2.05, 4.69) is 43.5 Å². The molecule has 0 aromatic heterocycles. The van der Waals surface area contributed by atoms with Crippen molar-refractivity contribution in [1.82, 2.24) is 5.32 Å². The van der Waals surface area contributed by atoms with E-state index < -0.39 is 12.1 Å². The highest BCUT2D eigenvalue weighted by Crippen LogP contribution is 2.15. The third-order valence-corrected chi connectivity index (χ3v) is 11.9. The molecular formula is C54H101NO5. The predicted molar refractivity (Wildman–Crippen MR) is 259 cm³/mol. The Balaban J connectivity index is 3.57. The van der Waals surface area contributed by atoms with Gasteiger partial charge in [-0.25, -0.2) is 0 Å². The molecule has 0 heterocycles. The lowest BCUT2D eigenvalue weighted by Crippen LogP contribution is -2.45. The number of allylic oxidation sites excluding steroid dienone is 5. The molecule has 0 saturated heterocycles. The van der Waals surface area contributed by atoms with E-state index in [9.17, 15) is 19.8 Å². The van der Waals surface area contributed by atoms with Crippen molar-refractivity contribution < 1.29 is 24.5 Å². The van der Waals surface area contributed by atoms with E-state index >= 15 is 0 Å². The summed E-state index contributed by atoms with van der Waals surface area (Å²) in [5, 5.41) is 23.0. The van der Waals surface area contributed by atoms with Gasteiger partial charge in [0.25, 0.3) is 0 Å². The molecule has 60 heavy (non-hydrogen) atoms. The molecule has 0 saturated carbocycles. The fourth-order valence-corrected chi connectivity index (χ4v) is 7.81. The van der Waals surface area contributed by atoms with Crippen LogP contribution in [0.25, 0.3) is 0 Å². The number of aliphatic hydroxyl groups is 2. The fourth-order valence-electron chi connectivity index (χ4n) is 7.81. The monoisotopic (exact) mass is 844 g/mol. The number of hydrogen-bond acceptors (Lipinski definition) is 5. The van der Waals surface area contributed by atoms with Crippen LogP contribution in [0.15, 0.2) is 36.5 Å². The lowest BCUT2D eigenvalue weighted by Gasteiger charge is -2.19. The van der Waals surface area contributed by atoms with Crippen molar-refractivity contribution in [2.45, 2.75) is 283 Å². The summed E-state index contributed by atoms with van der Waals surface area (Å²) in [7, 11) is 0. The standard InChI is InChI=1S/C54H101NO5/c1-3-5-7-9-11-13-15-17-19-21-22-24-26-28-32-36-40-44-48-54(59)60-49-45-41-37-33-29-31-35-39-43-47-53(58)55-51(50-56)52(57)46-42-38-34-30-27-25-23-20-18-16-14-12-10-8-6-4-2/h19,21,31,35,42,46,51-52,56-57H,3-18,20,22-30,32-34,36-41,43-45,47-50H2,1-2H3,(H,55,58)/b21-19-,35-31-,46-42+. The first-order chi connectivity index (χ1) is 29.5. The highest BCUT2D eigenvalue weighted by molar-refractivity contribution is 5.76. The van der Waals surface area contributed by atoms with E-state index in [1.54, 1.807) is 6.08 Å². The molecule has 1 amide bonds. The third-order valence-electron chi connectivity index (χ3n) is 11.9. The number of aliphatic hydroxyl groups excluding tert-OH is 2. The second kappa shape index (κ2) is 49.7. The SMILES string of the molecule is CCCCCCCCC/C=C\CCCCCCCCCC(=O)OCCCCCC/C=C\CCCC(=O)NC(CO)C(O)/C=C/CCCCCCCCCCCCCCCC. The molecule has 0 aromatic carbocycles. The molecule has 0 aliphatic rings. The lowest BCUT2D eigenvalue weighted by molar-refractivity contribution is -0.143. The van der Waals surface area contributed by atoms with Gasteiger partial charge in [0.05, 0.1) is 25.4 Å². The van der Waals surface area contributed by atoms with E-state index in [4.69, 9.17) is 4.74 Å². The summed E-state index contributed by atoms with van der Waals surface area (Å²) in [6, 6.07) is -0.666. The molecule has 3 N–H and O–H groups in total. The molecule has 0 aliphatic carbocycles. The summed E-state index contributed by atoms with van der Waals surface area (Å²) in [4.78, 5) is 24.5. The smallest absolute Gasteiger partial charge is 0.305 e. The molecule has 0 rings (SSSR count). The van der Waals surface area contributed by atoms with Crippen LogP contribution in [0.3, 0.4) is 0 Å². The van der Waals surface area contributed by atoms with Crippen molar-refractivity contribution in [3.8, 4) is 0 Å². The highest BCUT2D eigenvalue weighted by Gasteiger charge is 2.17. The Kier molecular flexibility index (Phi) is 48.1. The van der Waals surface area contributed by atoms with Gasteiger partial charge in [-0.2, -0.15) is 0 Å². The van der Waals surface area contributed by atoms with Gasteiger partial charge in [0.15, 0.2) is 0 Å². The molecule has 352 valence electrons. The number of rotatable bonds is 48. The van der Waals surface area contributed by atoms with E-state index in [1.165, 1.54) is 173 Å². The van der Waals surface area contributed by atoms with Gasteiger partial charge < -0.3 is 20.3 Å². The van der Waals surface area contributed by atoms with E-state index in [0.29, 0.717) is 19.4 Å². The number of amides is 1. The minimum Gasteiger partial charge on any atom is -0.466 e. The second-order valence-electron chi connectivity index (χ2n) is 17.8. The van der Waals surface area contributed by atoms with Crippen molar-refractivity contribution in [2.24, 2.45) is 0 Å². The Labute approximate surface area is 373 Å². The summed E-state index contributed by atoms with van der Waals surface area (Å²) in [6.45, 7) is 4.81. The van der Waals surface area contributed by atoms with Gasteiger partial charge in [-0.05, 0) is 77.0 Å². The van der Waals surface area contributed by atoms with Crippen LogP contribution < -0.4 is 5.32 Å². The lowest BCUT2D eigenvalue weighted by atomic mass is 10.0. The first-order valence-corrected chi connectivity index (χ1v) is 26.3. The zero-order valence-electron chi connectivity index (χ0n) is 39.9. The van der Waals surface area contributed by atoms with Crippen molar-refractivity contribution in [1.29, 1.82) is 0 Å². The third kappa shape index (κ3) is 45.6. The molecular weight excluding hydrogens is 743 g/mol. The number of carbonyl (C=O) groups is 2. The molecule has 0 aliphatic heterocycles. The minimum absolute atomic E-state index is 0.0413. The topological polar surface area (TPSA) is 95.9 Å². The molecule has 6 nitrogen and oxygen atoms in total. The van der Waals surface area contributed by atoms with Crippen LogP contribution in [0.4, 0.5) is 0 Å². The average molecular weight is 844 g/mol. The van der Waals surface area contributed by atoms with Gasteiger partial charge >= 0.3 is 5.97 Å². The van der Waals surface area contributed by atoms with Crippen LogP contribution in [0, 0.1) is 0 Å². The molecule has 6 heteroatoms. The predicted octanol–water partition coefficient (Wildman–Crippen LogP) is 15.7. The average Bonchev–Trinajstić information content (AvgIpc) is 3.25. The van der Waals surface area contributed by atoms with Crippen LogP contribution >= 0.6 is 0 Å². The maximum absolute atomic E-state index is 12.4. The van der Waals surface area contributed by atoms with Gasteiger partial charge in [-0.1, -0.05) is 217 Å². The summed E-state index contributed by atoms with van der Waals surface area (Å²) in [5.41, 5.74) is 0. The Morgan fingerprint density at radius 3 is 1.22 bits per heavy atom. The largest absolute Gasteiger partial charge is 0.466 e. The zero-order chi connectivity index (χ0) is 43.7. The highest BCUT2D eigenvalue weighted by atomic mass is 16.5. The van der Waals surface area contributed by atoms with Gasteiger partial charge in [-0.3, -0.25) is 9.59 Å². The van der Waals surface area contributed by atoms with Crippen LogP contribution in [-0.4, -0.2) is 47.4 Å². The Hall–Kier alpha value is -1.92. The van der Waals surface area contributed by atoms with Crippen LogP contribution in [-0.2, 0) is 14.3 Å². The van der Waals surface area contributed by atoms with Crippen LogP contribution in [0.2, 0.25) is 0 Å². The molecule has 0 radical (unpaired) electrons. The van der Waals surface area contributed by atoms with Gasteiger partial charge in [-0.15, -0.1) is 0 Å². The second-order valence-corrected chi connectivity index (χ2v) is 17.8. The maximum Gasteiger partial charge on any atom is 0.305 e. The van der Waals surface area contributed by atoms with Gasteiger partial charge in [0.2, 0.25) is 5.91 Å². The summed E-state index contributed by atoms with van der Waals surface area (Å²) in [6.07, 6.45) is 60.1. The van der Waals surface area contributed by atoms with Crippen LogP contribution in [0.1, 0.15) is 271 Å². The van der Waals surface area contributed by atoms with Crippen molar-refractivity contribution in [3.05, 3.63) is 36.5 Å². The normalized spacial score (nSPS) is 12.9. The first kappa shape index (κ1) is 58.1. The first-order valence-electron chi connectivity index (χ1n) is 26.3. The molecule has 0 fully saturated rings. The number of carbonyl (C=O) groups excluding carboxylic acids is 2. The molecule has 2 unspecified atom stereocenters. The number of ether oxygens (including phenoxy) is 1. The quantitative estimate of drug-likeness (QED) is 0.0322. The Morgan fingerprint density at radius 1 is 0.450 bits per heavy atom. The number of nitrogens with one attached hydrogen (secondary N) is 1. The molecule has 0 aromatic rings. The Morgan fingerprint density at radius 2 is 0.800 bits per heavy atom. The van der Waals surface area contributed by atoms with E-state index in [0.717, 1.165) is 70.6 Å². The van der Waals surface area contributed by atoms with Crippen molar-refractivity contribution >= 4 is 11.9 Å². The van der Waals surface area contributed by atoms with Crippen molar-refractivity contribution in [2.75, 3.05) is 13.2 Å². The molecule has 0 spiro atoms. The minimum atomic E-state index is -0.876. The summed E-state index contributed by atoms with van der Waals surface area (Å²) >= 11 is 0.